The molecular weight excluding hydrogens is 466 g/mol. The van der Waals surface area contributed by atoms with Crippen molar-refractivity contribution in [1.82, 2.24) is 5.32 Å². The Kier molecular flexibility index (Phi) is 30.7. The zero-order valence-electron chi connectivity index (χ0n) is 20.6. The van der Waals surface area contributed by atoms with Crippen LogP contribution in [0.2, 0.25) is 0 Å². The van der Waals surface area contributed by atoms with E-state index in [-0.39, 0.29) is 0 Å². The van der Waals surface area contributed by atoms with Crippen molar-refractivity contribution in [2.75, 3.05) is 132 Å². The van der Waals surface area contributed by atoms with E-state index in [1.165, 1.54) is 0 Å². The summed E-state index contributed by atoms with van der Waals surface area (Å²) >= 11 is 0. The van der Waals surface area contributed by atoms with Crippen molar-refractivity contribution >= 4 is 0 Å². The minimum absolute atomic E-state index is 0.332. The van der Waals surface area contributed by atoms with Gasteiger partial charge in [-0.2, -0.15) is 0 Å². The maximum absolute atomic E-state index is 8.11. The van der Waals surface area contributed by atoms with Crippen LogP contribution in [0, 0.1) is 0 Å². The van der Waals surface area contributed by atoms with Crippen molar-refractivity contribution in [1.29, 1.82) is 0 Å². The summed E-state index contributed by atoms with van der Waals surface area (Å²) in [7, 11) is 0. The minimum Gasteiger partial charge on any atom is -0.379 e. The van der Waals surface area contributed by atoms with Gasteiger partial charge < -0.3 is 43.2 Å². The lowest BCUT2D eigenvalue weighted by Gasteiger charge is -2.09. The van der Waals surface area contributed by atoms with Gasteiger partial charge in [-0.05, 0) is 11.1 Å². The maximum atomic E-state index is 8.11. The highest BCUT2D eigenvalue weighted by Crippen LogP contribution is 1.85. The molecule has 0 atom stereocenters. The third kappa shape index (κ3) is 32.3. The molecule has 35 heavy (non-hydrogen) atoms. The van der Waals surface area contributed by atoms with Crippen LogP contribution in [0.1, 0.15) is 0 Å². The topological polar surface area (TPSA) is 183 Å². The van der Waals surface area contributed by atoms with Gasteiger partial charge >= 0.3 is 0 Å². The highest BCUT2D eigenvalue weighted by molar-refractivity contribution is 4.47. The third-order valence-electron chi connectivity index (χ3n) is 3.88. The molecule has 0 aliphatic carbocycles. The molecule has 0 radical (unpaired) electrons. The number of hydrogen-bond acceptors (Lipinski definition) is 11. The van der Waals surface area contributed by atoms with Crippen LogP contribution in [0.4, 0.5) is 0 Å². The van der Waals surface area contributed by atoms with Crippen LogP contribution in [-0.4, -0.2) is 132 Å². The Labute approximate surface area is 206 Å². The van der Waals surface area contributed by atoms with Gasteiger partial charge in [0.05, 0.1) is 106 Å². The monoisotopic (exact) mass is 507 g/mol. The smallest absolute Gasteiger partial charge is 0.0701 e. The second-order valence-corrected chi connectivity index (χ2v) is 6.56. The van der Waals surface area contributed by atoms with Crippen LogP contribution in [0.25, 0.3) is 20.9 Å². The van der Waals surface area contributed by atoms with Gasteiger partial charge in [0.25, 0.3) is 0 Å². The first kappa shape index (κ1) is 33.3. The van der Waals surface area contributed by atoms with Gasteiger partial charge in [-0.1, -0.05) is 10.2 Å². The lowest BCUT2D eigenvalue weighted by molar-refractivity contribution is -0.00230. The quantitative estimate of drug-likeness (QED) is 0.0648. The van der Waals surface area contributed by atoms with Gasteiger partial charge in [0.15, 0.2) is 0 Å². The summed E-state index contributed by atoms with van der Waals surface area (Å²) in [6.07, 6.45) is 0. The van der Waals surface area contributed by atoms with E-state index >= 15 is 0 Å². The fourth-order valence-corrected chi connectivity index (χ4v) is 2.24. The van der Waals surface area contributed by atoms with Gasteiger partial charge in [0.2, 0.25) is 0 Å². The van der Waals surface area contributed by atoms with E-state index in [4.69, 9.17) is 49.0 Å². The molecule has 1 N–H and O–H groups in total. The molecule has 0 aromatic heterocycles. The van der Waals surface area contributed by atoms with Gasteiger partial charge in [0.1, 0.15) is 0 Å². The summed E-state index contributed by atoms with van der Waals surface area (Å²) in [6.45, 7) is 10.2. The highest BCUT2D eigenvalue weighted by Gasteiger charge is 1.95. The van der Waals surface area contributed by atoms with Gasteiger partial charge in [0, 0.05) is 36.0 Å². The van der Waals surface area contributed by atoms with E-state index in [1.807, 2.05) is 0 Å². The molecule has 0 spiro atoms. The zero-order chi connectivity index (χ0) is 25.3. The summed E-state index contributed by atoms with van der Waals surface area (Å²) in [6, 6.07) is 0. The Morgan fingerprint density at radius 3 is 0.943 bits per heavy atom. The third-order valence-corrected chi connectivity index (χ3v) is 3.88. The molecule has 0 unspecified atom stereocenters. The molecule has 0 heterocycles. The Balaban J connectivity index is 3.03. The first-order chi connectivity index (χ1) is 17.4. The highest BCUT2D eigenvalue weighted by atomic mass is 16.6. The van der Waals surface area contributed by atoms with Crippen molar-refractivity contribution in [2.45, 2.75) is 0 Å². The molecule has 0 aliphatic rings. The first-order valence-corrected chi connectivity index (χ1v) is 11.8. The van der Waals surface area contributed by atoms with Crippen LogP contribution in [0.5, 0.6) is 0 Å². The first-order valence-electron chi connectivity index (χ1n) is 11.8. The molecule has 0 fully saturated rings. The number of rotatable bonds is 30. The molecule has 0 aromatic carbocycles. The van der Waals surface area contributed by atoms with Crippen molar-refractivity contribution in [3.63, 3.8) is 0 Å². The van der Waals surface area contributed by atoms with E-state index in [2.05, 4.69) is 25.4 Å². The van der Waals surface area contributed by atoms with Crippen LogP contribution < -0.4 is 5.32 Å². The molecular formula is C20H41N7O8. The van der Waals surface area contributed by atoms with Crippen LogP contribution in [0.3, 0.4) is 0 Å². The predicted molar refractivity (Wildman–Crippen MR) is 127 cm³/mol. The van der Waals surface area contributed by atoms with Gasteiger partial charge in [-0.3, -0.25) is 0 Å². The maximum Gasteiger partial charge on any atom is 0.0701 e. The number of azide groups is 2. The van der Waals surface area contributed by atoms with Gasteiger partial charge in [-0.15, -0.1) is 0 Å². The van der Waals surface area contributed by atoms with Crippen molar-refractivity contribution in [3.05, 3.63) is 20.9 Å². The molecule has 0 saturated heterocycles. The van der Waals surface area contributed by atoms with Gasteiger partial charge in [-0.25, -0.2) is 0 Å². The molecule has 15 heteroatoms. The standard InChI is InChI=1S/C20H41N7O8/c21-26-24-3-7-30-11-15-34-19-17-32-13-9-28-5-1-23-2-6-29-10-14-33-18-20-35-16-12-31-8-4-25-27-22/h23H,1-20H2. The number of nitrogens with zero attached hydrogens (tertiary/aromatic N) is 6. The molecule has 0 rings (SSSR count). The lowest BCUT2D eigenvalue weighted by atomic mass is 10.6. The minimum atomic E-state index is 0.332. The molecule has 0 amide bonds. The Morgan fingerprint density at radius 2 is 0.657 bits per heavy atom. The zero-order valence-corrected chi connectivity index (χ0v) is 20.6. The predicted octanol–water partition coefficient (Wildman–Crippen LogP) is 1.33. The van der Waals surface area contributed by atoms with Crippen molar-refractivity contribution in [2.24, 2.45) is 10.2 Å². The molecule has 0 bridgehead atoms. The summed E-state index contributed by atoms with van der Waals surface area (Å²) < 4.78 is 42.9. The van der Waals surface area contributed by atoms with E-state index < -0.39 is 0 Å². The van der Waals surface area contributed by atoms with E-state index in [1.54, 1.807) is 0 Å². The van der Waals surface area contributed by atoms with Crippen LogP contribution in [0.15, 0.2) is 10.2 Å². The SMILES string of the molecule is [N-]=[N+]=NCCOCCOCCOCCOCCNCCOCCOCCOCCOCCN=[N+]=[N-]. The van der Waals surface area contributed by atoms with Crippen molar-refractivity contribution in [3.8, 4) is 0 Å². The molecule has 0 aromatic rings. The fourth-order valence-electron chi connectivity index (χ4n) is 2.24. The van der Waals surface area contributed by atoms with Crippen LogP contribution >= 0.6 is 0 Å². The largest absolute Gasteiger partial charge is 0.379 e. The number of nitrogens with one attached hydrogen (secondary N) is 1. The van der Waals surface area contributed by atoms with Crippen molar-refractivity contribution < 1.29 is 37.9 Å². The number of hydrogen-bond donors (Lipinski definition) is 1. The van der Waals surface area contributed by atoms with Crippen LogP contribution in [-0.2, 0) is 37.9 Å². The molecule has 0 saturated carbocycles. The lowest BCUT2D eigenvalue weighted by Crippen LogP contribution is -2.25. The molecule has 204 valence electrons. The fraction of sp³-hybridized carbons (Fsp3) is 1.00. The Morgan fingerprint density at radius 1 is 0.400 bits per heavy atom. The molecule has 15 nitrogen and oxygen atoms in total. The number of ether oxygens (including phenoxy) is 8. The summed E-state index contributed by atoms with van der Waals surface area (Å²) in [5.41, 5.74) is 16.2. The van der Waals surface area contributed by atoms with E-state index in [0.717, 1.165) is 13.1 Å². The summed E-state index contributed by atoms with van der Waals surface area (Å²) in [5.74, 6) is 0. The summed E-state index contributed by atoms with van der Waals surface area (Å²) in [5, 5.41) is 9.97. The van der Waals surface area contributed by atoms with E-state index in [9.17, 15) is 0 Å². The Hall–Kier alpha value is -1.74. The Bertz CT molecular complexity index is 480. The summed E-state index contributed by atoms with van der Waals surface area (Å²) in [4.78, 5) is 5.27. The van der Waals surface area contributed by atoms with E-state index in [0.29, 0.717) is 119 Å². The average Bonchev–Trinajstić information content (AvgIpc) is 2.87. The second-order valence-electron chi connectivity index (χ2n) is 6.56. The normalized spacial score (nSPS) is 10.7. The molecule has 0 aliphatic heterocycles. The second kappa shape index (κ2) is 32.3. The average molecular weight is 508 g/mol.